The summed E-state index contributed by atoms with van der Waals surface area (Å²) in [7, 11) is -3.50. The highest BCUT2D eigenvalue weighted by Gasteiger charge is 2.14. The molecule has 2 aromatic carbocycles. The lowest BCUT2D eigenvalue weighted by atomic mass is 10.1. The third-order valence-electron chi connectivity index (χ3n) is 2.95. The van der Waals surface area contributed by atoms with E-state index >= 15 is 0 Å². The second-order valence-corrected chi connectivity index (χ2v) is 6.19. The summed E-state index contributed by atoms with van der Waals surface area (Å²) in [6, 6.07) is 17.4. The lowest BCUT2D eigenvalue weighted by Crippen LogP contribution is -2.25. The minimum atomic E-state index is -3.50. The van der Waals surface area contributed by atoms with Gasteiger partial charge in [0.2, 0.25) is 10.0 Å². The van der Waals surface area contributed by atoms with Crippen molar-refractivity contribution in [2.24, 2.45) is 0 Å². The molecule has 0 heterocycles. The first-order valence-electron chi connectivity index (χ1n) is 6.37. The van der Waals surface area contributed by atoms with Crippen molar-refractivity contribution in [3.63, 3.8) is 0 Å². The van der Waals surface area contributed by atoms with Gasteiger partial charge in [-0.2, -0.15) is 0 Å². The van der Waals surface area contributed by atoms with Gasteiger partial charge in [-0.25, -0.2) is 13.1 Å². The fourth-order valence-corrected chi connectivity index (χ4v) is 2.92. The molecule has 0 aliphatic heterocycles. The summed E-state index contributed by atoms with van der Waals surface area (Å²) in [5, 5.41) is 9.95. The molecule has 0 radical (unpaired) electrons. The Hall–Kier alpha value is -1.69. The maximum Gasteiger partial charge on any atom is 0.240 e. The van der Waals surface area contributed by atoms with Gasteiger partial charge in [0.1, 0.15) is 0 Å². The Morgan fingerprint density at radius 2 is 1.50 bits per heavy atom. The zero-order valence-corrected chi connectivity index (χ0v) is 11.8. The van der Waals surface area contributed by atoms with E-state index < -0.39 is 16.1 Å². The molecule has 0 amide bonds. The Morgan fingerprint density at radius 3 is 2.10 bits per heavy atom. The van der Waals surface area contributed by atoms with Gasteiger partial charge in [-0.1, -0.05) is 48.5 Å². The van der Waals surface area contributed by atoms with Crippen LogP contribution in [0.15, 0.2) is 65.6 Å². The fourth-order valence-electron chi connectivity index (χ4n) is 1.85. The van der Waals surface area contributed by atoms with Crippen LogP contribution in [-0.2, 0) is 10.0 Å². The zero-order chi connectivity index (χ0) is 14.4. The summed E-state index contributed by atoms with van der Waals surface area (Å²) >= 11 is 0. The standard InChI is InChI=1S/C15H17NO3S/c17-15(13-7-3-1-4-8-13)11-12-16-20(18,19)14-9-5-2-6-10-14/h1-10,15-17H,11-12H2. The van der Waals surface area contributed by atoms with E-state index in [1.54, 1.807) is 18.2 Å². The number of hydrogen-bond acceptors (Lipinski definition) is 3. The van der Waals surface area contributed by atoms with Gasteiger partial charge in [0, 0.05) is 6.54 Å². The van der Waals surface area contributed by atoms with E-state index in [4.69, 9.17) is 0 Å². The molecule has 106 valence electrons. The third-order valence-corrected chi connectivity index (χ3v) is 4.42. The largest absolute Gasteiger partial charge is 0.388 e. The van der Waals surface area contributed by atoms with Crippen LogP contribution in [0.1, 0.15) is 18.1 Å². The van der Waals surface area contributed by atoms with Crippen molar-refractivity contribution in [3.8, 4) is 0 Å². The Morgan fingerprint density at radius 1 is 0.950 bits per heavy atom. The van der Waals surface area contributed by atoms with E-state index in [0.717, 1.165) is 5.56 Å². The van der Waals surface area contributed by atoms with Crippen molar-refractivity contribution in [2.45, 2.75) is 17.4 Å². The van der Waals surface area contributed by atoms with Crippen LogP contribution in [0.3, 0.4) is 0 Å². The Kier molecular flexibility index (Phi) is 4.89. The molecule has 2 rings (SSSR count). The summed E-state index contributed by atoms with van der Waals surface area (Å²) in [5.41, 5.74) is 0.784. The van der Waals surface area contributed by atoms with Crippen molar-refractivity contribution in [1.82, 2.24) is 4.72 Å². The van der Waals surface area contributed by atoms with Gasteiger partial charge >= 0.3 is 0 Å². The minimum absolute atomic E-state index is 0.188. The van der Waals surface area contributed by atoms with Gasteiger partial charge in [0.15, 0.2) is 0 Å². The van der Waals surface area contributed by atoms with E-state index in [-0.39, 0.29) is 11.4 Å². The van der Waals surface area contributed by atoms with Crippen LogP contribution in [0.2, 0.25) is 0 Å². The van der Waals surface area contributed by atoms with Crippen molar-refractivity contribution in [1.29, 1.82) is 0 Å². The van der Waals surface area contributed by atoms with Crippen molar-refractivity contribution in [2.75, 3.05) is 6.54 Å². The number of benzene rings is 2. The van der Waals surface area contributed by atoms with Crippen LogP contribution in [0.5, 0.6) is 0 Å². The molecular formula is C15H17NO3S. The first-order chi connectivity index (χ1) is 9.59. The second-order valence-electron chi connectivity index (χ2n) is 4.43. The molecule has 4 nitrogen and oxygen atoms in total. The van der Waals surface area contributed by atoms with E-state index in [1.807, 2.05) is 30.3 Å². The van der Waals surface area contributed by atoms with E-state index in [9.17, 15) is 13.5 Å². The molecule has 0 fully saturated rings. The summed E-state index contributed by atoms with van der Waals surface area (Å²) < 4.78 is 26.4. The normalized spacial score (nSPS) is 13.1. The van der Waals surface area contributed by atoms with E-state index in [0.29, 0.717) is 6.42 Å². The highest BCUT2D eigenvalue weighted by molar-refractivity contribution is 7.89. The van der Waals surface area contributed by atoms with Crippen molar-refractivity contribution in [3.05, 3.63) is 66.2 Å². The summed E-state index contributed by atoms with van der Waals surface area (Å²) in [6.45, 7) is 0.188. The number of hydrogen-bond donors (Lipinski definition) is 2. The van der Waals surface area contributed by atoms with Crippen LogP contribution in [0.25, 0.3) is 0 Å². The lowest BCUT2D eigenvalue weighted by Gasteiger charge is -2.11. The number of nitrogens with one attached hydrogen (secondary N) is 1. The van der Waals surface area contributed by atoms with Crippen LogP contribution >= 0.6 is 0 Å². The summed E-state index contributed by atoms with van der Waals surface area (Å²) in [5.74, 6) is 0. The molecule has 1 atom stereocenters. The van der Waals surface area contributed by atoms with Crippen LogP contribution in [-0.4, -0.2) is 20.1 Å². The SMILES string of the molecule is O=S(=O)(NCCC(O)c1ccccc1)c1ccccc1. The van der Waals surface area contributed by atoms with Gasteiger partial charge in [-0.3, -0.25) is 0 Å². The molecule has 20 heavy (non-hydrogen) atoms. The fraction of sp³-hybridized carbons (Fsp3) is 0.200. The molecule has 2 N–H and O–H groups in total. The van der Waals surface area contributed by atoms with Gasteiger partial charge in [-0.15, -0.1) is 0 Å². The number of rotatable bonds is 6. The minimum Gasteiger partial charge on any atom is -0.388 e. The second kappa shape index (κ2) is 6.65. The first kappa shape index (κ1) is 14.7. The van der Waals surface area contributed by atoms with E-state index in [2.05, 4.69) is 4.72 Å². The number of sulfonamides is 1. The van der Waals surface area contributed by atoms with Crippen LogP contribution in [0, 0.1) is 0 Å². The number of aliphatic hydroxyl groups is 1. The maximum absolute atomic E-state index is 12.0. The molecule has 0 aromatic heterocycles. The Bertz CT molecular complexity index is 627. The molecule has 1 unspecified atom stereocenters. The topological polar surface area (TPSA) is 66.4 Å². The quantitative estimate of drug-likeness (QED) is 0.856. The highest BCUT2D eigenvalue weighted by atomic mass is 32.2. The van der Waals surface area contributed by atoms with Gasteiger partial charge in [0.25, 0.3) is 0 Å². The maximum atomic E-state index is 12.0. The van der Waals surface area contributed by atoms with Gasteiger partial charge < -0.3 is 5.11 Å². The molecule has 0 saturated carbocycles. The van der Waals surface area contributed by atoms with Crippen LogP contribution < -0.4 is 4.72 Å². The number of aliphatic hydroxyl groups excluding tert-OH is 1. The molecule has 0 aliphatic carbocycles. The molecule has 0 bridgehead atoms. The molecule has 5 heteroatoms. The highest BCUT2D eigenvalue weighted by Crippen LogP contribution is 2.15. The van der Waals surface area contributed by atoms with E-state index in [1.165, 1.54) is 12.1 Å². The molecule has 0 spiro atoms. The molecule has 0 aliphatic rings. The third kappa shape index (κ3) is 3.90. The van der Waals surface area contributed by atoms with Crippen molar-refractivity contribution >= 4 is 10.0 Å². The zero-order valence-electron chi connectivity index (χ0n) is 10.9. The lowest BCUT2D eigenvalue weighted by molar-refractivity contribution is 0.169. The average Bonchev–Trinajstić information content (AvgIpc) is 2.49. The molecular weight excluding hydrogens is 274 g/mol. The smallest absolute Gasteiger partial charge is 0.240 e. The van der Waals surface area contributed by atoms with Gasteiger partial charge in [-0.05, 0) is 24.1 Å². The first-order valence-corrected chi connectivity index (χ1v) is 7.85. The molecule has 2 aromatic rings. The summed E-state index contributed by atoms with van der Waals surface area (Å²) in [6.07, 6.45) is -0.342. The van der Waals surface area contributed by atoms with Crippen LogP contribution in [0.4, 0.5) is 0 Å². The Balaban J connectivity index is 1.90. The monoisotopic (exact) mass is 291 g/mol. The predicted molar refractivity (Wildman–Crippen MR) is 77.6 cm³/mol. The van der Waals surface area contributed by atoms with Crippen molar-refractivity contribution < 1.29 is 13.5 Å². The Labute approximate surface area is 119 Å². The average molecular weight is 291 g/mol. The molecule has 0 saturated heterocycles. The summed E-state index contributed by atoms with van der Waals surface area (Å²) in [4.78, 5) is 0.231. The predicted octanol–water partition coefficient (Wildman–Crippen LogP) is 2.09. The van der Waals surface area contributed by atoms with Gasteiger partial charge in [0.05, 0.1) is 11.0 Å².